The molecule has 0 aromatic heterocycles. The third-order valence-corrected chi connectivity index (χ3v) is 11.3. The lowest BCUT2D eigenvalue weighted by Crippen LogP contribution is -2.58. The molecule has 15 heteroatoms. The van der Waals surface area contributed by atoms with Gasteiger partial charge in [0.25, 0.3) is 0 Å². The van der Waals surface area contributed by atoms with Gasteiger partial charge >= 0.3 is 0 Å². The van der Waals surface area contributed by atoms with Crippen LogP contribution in [-0.4, -0.2) is 168 Å². The van der Waals surface area contributed by atoms with E-state index in [1.54, 1.807) is 39.6 Å². The molecule has 4 aliphatic rings. The Morgan fingerprint density at radius 3 is 2.36 bits per heavy atom. The summed E-state index contributed by atoms with van der Waals surface area (Å²) in [6.45, 7) is 9.16. The highest BCUT2D eigenvalue weighted by Gasteiger charge is 2.49. The summed E-state index contributed by atoms with van der Waals surface area (Å²) in [7, 11) is 6.94. The van der Waals surface area contributed by atoms with Crippen molar-refractivity contribution in [1.82, 2.24) is 20.0 Å². The molecule has 15 nitrogen and oxygen atoms in total. The molecule has 3 amide bonds. The number of aliphatic hydroxyl groups excluding tert-OH is 2. The highest BCUT2D eigenvalue weighted by atomic mass is 16.7. The van der Waals surface area contributed by atoms with E-state index in [9.17, 15) is 29.7 Å². The lowest BCUT2D eigenvalue weighted by molar-refractivity contribution is -0.307. The first-order valence-electron chi connectivity index (χ1n) is 18.1. The fourth-order valence-corrected chi connectivity index (χ4v) is 7.77. The van der Waals surface area contributed by atoms with Crippen LogP contribution in [0.3, 0.4) is 0 Å². The maximum absolute atomic E-state index is 13.8. The number of ether oxygens (including phenoxy) is 5. The molecule has 4 fully saturated rings. The second-order valence-corrected chi connectivity index (χ2v) is 15.5. The molecule has 4 N–H and O–H groups in total. The van der Waals surface area contributed by atoms with Crippen LogP contribution in [0.1, 0.15) is 79.6 Å². The molecule has 4 rings (SSSR count). The van der Waals surface area contributed by atoms with Crippen molar-refractivity contribution < 1.29 is 53.4 Å². The summed E-state index contributed by atoms with van der Waals surface area (Å²) in [5.41, 5.74) is -2.52. The van der Waals surface area contributed by atoms with E-state index in [0.29, 0.717) is 38.8 Å². The van der Waals surface area contributed by atoms with Crippen LogP contribution >= 0.6 is 0 Å². The second-order valence-electron chi connectivity index (χ2n) is 15.5. The topological polar surface area (TPSA) is 180 Å². The fraction of sp³-hybridized carbons (Fsp3) is 0.914. The number of hydrogen-bond donors (Lipinski definition) is 4. The highest BCUT2D eigenvalue weighted by Crippen LogP contribution is 2.36. The van der Waals surface area contributed by atoms with Crippen LogP contribution < -0.4 is 5.32 Å². The van der Waals surface area contributed by atoms with Gasteiger partial charge in [-0.3, -0.25) is 14.4 Å². The van der Waals surface area contributed by atoms with E-state index in [-0.39, 0.29) is 49.8 Å². The smallest absolute Gasteiger partial charge is 0.245 e. The van der Waals surface area contributed by atoms with Gasteiger partial charge in [-0.1, -0.05) is 6.92 Å². The fourth-order valence-electron chi connectivity index (χ4n) is 7.77. The summed E-state index contributed by atoms with van der Waals surface area (Å²) in [4.78, 5) is 45.5. The standard InChI is InChI=1S/C35H62N4O11/c1-20-16-24(37(6)7)29(41)33(47-20)50-26-17-25(49-28-18-35(5,46-9)30(42)22(3)48-28)21(2)31(43)36-19-27(40)39-15-10-12-23(39)32(44)38(8)14-11-13-34(26,4)45/h20-26,28-30,33,41-42,45H,10-19H2,1-9H3,(H,36,43)/t20-,21-,22+,23+,24+,25+,26-,28+,29-,30+,33+,34-,35-/m1/s1. The van der Waals surface area contributed by atoms with Gasteiger partial charge in [0.15, 0.2) is 12.6 Å². The van der Waals surface area contributed by atoms with Crippen LogP contribution in [0.2, 0.25) is 0 Å². The van der Waals surface area contributed by atoms with Crippen molar-refractivity contribution in [1.29, 1.82) is 0 Å². The Bertz CT molecular complexity index is 1180. The number of methoxy groups -OCH3 is 1. The van der Waals surface area contributed by atoms with E-state index in [1.807, 2.05) is 25.9 Å². The Kier molecular flexibility index (Phi) is 13.7. The van der Waals surface area contributed by atoms with Crippen molar-refractivity contribution in [2.75, 3.05) is 47.9 Å². The molecule has 288 valence electrons. The summed E-state index contributed by atoms with van der Waals surface area (Å²) >= 11 is 0. The molecule has 4 heterocycles. The van der Waals surface area contributed by atoms with Gasteiger partial charge in [0.1, 0.15) is 18.2 Å². The predicted molar refractivity (Wildman–Crippen MR) is 182 cm³/mol. The molecule has 0 aromatic carbocycles. The molecule has 4 saturated heterocycles. The number of hydrogen-bond acceptors (Lipinski definition) is 12. The number of carbonyl (C=O) groups is 3. The van der Waals surface area contributed by atoms with E-state index < -0.39 is 72.2 Å². The van der Waals surface area contributed by atoms with Crippen LogP contribution in [0.25, 0.3) is 0 Å². The zero-order chi connectivity index (χ0) is 37.1. The van der Waals surface area contributed by atoms with E-state index >= 15 is 0 Å². The van der Waals surface area contributed by atoms with Crippen molar-refractivity contribution in [3.05, 3.63) is 0 Å². The molecule has 0 saturated carbocycles. The molecule has 0 bridgehead atoms. The van der Waals surface area contributed by atoms with Gasteiger partial charge in [0, 0.05) is 46.1 Å². The summed E-state index contributed by atoms with van der Waals surface area (Å²) in [5, 5.41) is 37.1. The summed E-state index contributed by atoms with van der Waals surface area (Å²) in [5.74, 6) is -1.86. The first-order valence-corrected chi connectivity index (χ1v) is 18.1. The largest absolute Gasteiger partial charge is 0.387 e. The van der Waals surface area contributed by atoms with Crippen LogP contribution in [0.4, 0.5) is 0 Å². The van der Waals surface area contributed by atoms with Crippen molar-refractivity contribution in [2.45, 2.75) is 152 Å². The van der Waals surface area contributed by atoms with Gasteiger partial charge in [-0.2, -0.15) is 0 Å². The Labute approximate surface area is 296 Å². The van der Waals surface area contributed by atoms with Crippen LogP contribution in [0.5, 0.6) is 0 Å². The number of nitrogens with zero attached hydrogens (tertiary/aromatic N) is 3. The monoisotopic (exact) mass is 714 g/mol. The average molecular weight is 715 g/mol. The number of rotatable bonds is 6. The van der Waals surface area contributed by atoms with Gasteiger partial charge in [-0.25, -0.2) is 0 Å². The summed E-state index contributed by atoms with van der Waals surface area (Å²) in [6.07, 6.45) is -4.23. The molecule has 0 radical (unpaired) electrons. The lowest BCUT2D eigenvalue weighted by atomic mass is 9.85. The van der Waals surface area contributed by atoms with Crippen molar-refractivity contribution in [2.24, 2.45) is 5.92 Å². The second kappa shape index (κ2) is 16.8. The maximum Gasteiger partial charge on any atom is 0.245 e. The lowest BCUT2D eigenvalue weighted by Gasteiger charge is -2.46. The predicted octanol–water partition coefficient (Wildman–Crippen LogP) is 0.220. The first kappa shape index (κ1) is 40.8. The number of amides is 3. The average Bonchev–Trinajstić information content (AvgIpc) is 3.55. The number of carbonyl (C=O) groups excluding carboxylic acids is 3. The number of likely N-dealkylation sites (N-methyl/N-ethyl adjacent to an activating group) is 2. The van der Waals surface area contributed by atoms with Gasteiger partial charge in [-0.05, 0) is 73.9 Å². The maximum atomic E-state index is 13.8. The van der Waals surface area contributed by atoms with Crippen molar-refractivity contribution in [3.8, 4) is 0 Å². The number of fused-ring (bicyclic) bond motifs is 1. The normalized spacial score (nSPS) is 43.2. The van der Waals surface area contributed by atoms with Gasteiger partial charge in [-0.15, -0.1) is 0 Å². The molecule has 50 heavy (non-hydrogen) atoms. The minimum Gasteiger partial charge on any atom is -0.387 e. The zero-order valence-corrected chi connectivity index (χ0v) is 31.4. The molecule has 0 spiro atoms. The van der Waals surface area contributed by atoms with Crippen molar-refractivity contribution >= 4 is 17.7 Å². The third-order valence-electron chi connectivity index (χ3n) is 11.3. The molecular weight excluding hydrogens is 652 g/mol. The van der Waals surface area contributed by atoms with E-state index in [0.717, 1.165) is 0 Å². The minimum absolute atomic E-state index is 0.0212. The summed E-state index contributed by atoms with van der Waals surface area (Å²) in [6, 6.07) is -0.880. The van der Waals surface area contributed by atoms with Crippen LogP contribution in [0.15, 0.2) is 0 Å². The molecular formula is C35H62N4O11. The molecule has 13 atom stereocenters. The van der Waals surface area contributed by atoms with Crippen LogP contribution in [0, 0.1) is 5.92 Å². The highest BCUT2D eigenvalue weighted by molar-refractivity contribution is 5.91. The Hall–Kier alpha value is -1.95. The Balaban J connectivity index is 1.69. The Morgan fingerprint density at radius 1 is 1.00 bits per heavy atom. The Morgan fingerprint density at radius 2 is 1.70 bits per heavy atom. The molecule has 4 aliphatic heterocycles. The van der Waals surface area contributed by atoms with E-state index in [4.69, 9.17) is 23.7 Å². The van der Waals surface area contributed by atoms with E-state index in [2.05, 4.69) is 5.32 Å². The summed E-state index contributed by atoms with van der Waals surface area (Å²) < 4.78 is 30.9. The molecule has 0 unspecified atom stereocenters. The van der Waals surface area contributed by atoms with E-state index in [1.165, 1.54) is 12.0 Å². The quantitative estimate of drug-likeness (QED) is 0.295. The van der Waals surface area contributed by atoms with Gasteiger partial charge in [0.05, 0.1) is 48.1 Å². The number of nitrogens with one attached hydrogen (secondary N) is 1. The van der Waals surface area contributed by atoms with Gasteiger partial charge < -0.3 is 59.0 Å². The van der Waals surface area contributed by atoms with Crippen molar-refractivity contribution in [3.63, 3.8) is 0 Å². The SMILES string of the molecule is CO[C@]1(C)C[C@H](O[C@H]2C[C@@H](O[C@@H]3O[C@H](C)C[C@H](N(C)C)[C@H]3O)[C@](C)(O)CCCN(C)C(=O)[C@@H]3CCCN3C(=O)CNC(=O)[C@@H]2C)O[C@@H](C)[C@@H]1O. The van der Waals surface area contributed by atoms with Crippen LogP contribution in [-0.2, 0) is 38.1 Å². The zero-order valence-electron chi connectivity index (χ0n) is 31.4. The van der Waals surface area contributed by atoms with Gasteiger partial charge in [0.2, 0.25) is 17.7 Å². The molecule has 0 aliphatic carbocycles. The molecule has 0 aromatic rings. The minimum atomic E-state index is -1.52. The third kappa shape index (κ3) is 9.34. The first-order chi connectivity index (χ1) is 23.4. The number of aliphatic hydroxyl groups is 3.